The molecular formula is C18H18N2O2Se. The van der Waals surface area contributed by atoms with Crippen molar-refractivity contribution in [3.8, 4) is 5.75 Å². The Bertz CT molecular complexity index is 825. The van der Waals surface area contributed by atoms with Gasteiger partial charge in [-0.2, -0.15) is 0 Å². The summed E-state index contributed by atoms with van der Waals surface area (Å²) in [5.41, 5.74) is 2.10. The van der Waals surface area contributed by atoms with Gasteiger partial charge in [-0.1, -0.05) is 0 Å². The minimum absolute atomic E-state index is 0.0265. The number of methoxy groups -OCH3 is 1. The van der Waals surface area contributed by atoms with Crippen LogP contribution in [0.2, 0.25) is 0 Å². The fraction of sp³-hybridized carbons (Fsp3) is 0.167. The van der Waals surface area contributed by atoms with E-state index >= 15 is 0 Å². The Kier molecular flexibility index (Phi) is 4.70. The van der Waals surface area contributed by atoms with Gasteiger partial charge in [0.25, 0.3) is 0 Å². The summed E-state index contributed by atoms with van der Waals surface area (Å²) in [5.74, 6) is 0.904. The number of hydrogen-bond donors (Lipinski definition) is 2. The van der Waals surface area contributed by atoms with Crippen LogP contribution in [0.1, 0.15) is 5.56 Å². The first-order valence-corrected chi connectivity index (χ1v) is 9.03. The third-order valence-corrected chi connectivity index (χ3v) is 5.87. The van der Waals surface area contributed by atoms with Gasteiger partial charge in [0.15, 0.2) is 0 Å². The fourth-order valence-electron chi connectivity index (χ4n) is 2.39. The quantitative estimate of drug-likeness (QED) is 0.659. The van der Waals surface area contributed by atoms with Crippen molar-refractivity contribution in [3.05, 3.63) is 54.2 Å². The van der Waals surface area contributed by atoms with Gasteiger partial charge in [-0.15, -0.1) is 0 Å². The van der Waals surface area contributed by atoms with E-state index in [0.717, 1.165) is 16.8 Å². The molecule has 2 aromatic carbocycles. The molecule has 1 amide bonds. The van der Waals surface area contributed by atoms with Crippen molar-refractivity contribution in [2.75, 3.05) is 14.2 Å². The van der Waals surface area contributed by atoms with E-state index in [1.165, 1.54) is 14.3 Å². The molecule has 0 spiro atoms. The minimum atomic E-state index is 0.0265. The summed E-state index contributed by atoms with van der Waals surface area (Å²) in [6.07, 6.45) is 2.48. The Balaban J connectivity index is 1.82. The molecule has 0 aliphatic carbocycles. The number of amides is 1. The van der Waals surface area contributed by atoms with Gasteiger partial charge in [-0.3, -0.25) is 0 Å². The third kappa shape index (κ3) is 3.58. The molecule has 0 fully saturated rings. The first-order valence-electron chi connectivity index (χ1n) is 7.32. The first-order chi connectivity index (χ1) is 11.2. The molecule has 3 aromatic rings. The average molecular weight is 373 g/mol. The van der Waals surface area contributed by atoms with Crippen molar-refractivity contribution >= 4 is 40.7 Å². The van der Waals surface area contributed by atoms with E-state index in [2.05, 4.69) is 40.8 Å². The summed E-state index contributed by atoms with van der Waals surface area (Å²) in [4.78, 5) is 14.8. The van der Waals surface area contributed by atoms with Gasteiger partial charge in [0.05, 0.1) is 0 Å². The van der Waals surface area contributed by atoms with Gasteiger partial charge in [-0.25, -0.2) is 0 Å². The second-order valence-corrected chi connectivity index (χ2v) is 7.50. The number of likely N-dealkylation sites (N-methyl/N-ethyl adjacent to an activating group) is 1. The Hall–Kier alpha value is -2.23. The van der Waals surface area contributed by atoms with Gasteiger partial charge in [-0.05, 0) is 0 Å². The first kappa shape index (κ1) is 15.7. The molecule has 3 rings (SSSR count). The maximum absolute atomic E-state index is 11.5. The Morgan fingerprint density at radius 2 is 2.00 bits per heavy atom. The number of fused-ring (bicyclic) bond motifs is 1. The second-order valence-electron chi connectivity index (χ2n) is 5.16. The number of ether oxygens (including phenoxy) is 1. The predicted molar refractivity (Wildman–Crippen MR) is 94.1 cm³/mol. The van der Waals surface area contributed by atoms with E-state index in [1.807, 2.05) is 18.2 Å². The van der Waals surface area contributed by atoms with Crippen LogP contribution in [0.25, 0.3) is 10.9 Å². The summed E-state index contributed by atoms with van der Waals surface area (Å²) in [6.45, 7) is 0. The fourth-order valence-corrected chi connectivity index (χ4v) is 4.34. The zero-order valence-electron chi connectivity index (χ0n) is 13.1. The molecule has 118 valence electrons. The van der Waals surface area contributed by atoms with Crippen molar-refractivity contribution in [2.24, 2.45) is 0 Å². The van der Waals surface area contributed by atoms with Crippen LogP contribution in [0, 0.1) is 0 Å². The number of H-pyrrole nitrogens is 1. The zero-order chi connectivity index (χ0) is 16.2. The number of carbonyl (C=O) groups excluding carboxylic acids is 1. The van der Waals surface area contributed by atoms with E-state index in [-0.39, 0.29) is 20.9 Å². The van der Waals surface area contributed by atoms with Crippen LogP contribution in [0.15, 0.2) is 48.7 Å². The Morgan fingerprint density at radius 1 is 1.22 bits per heavy atom. The van der Waals surface area contributed by atoms with Crippen LogP contribution in [0.5, 0.6) is 5.75 Å². The van der Waals surface area contributed by atoms with Gasteiger partial charge < -0.3 is 0 Å². The van der Waals surface area contributed by atoms with Crippen LogP contribution in [-0.2, 0) is 11.2 Å². The average Bonchev–Trinajstić information content (AvgIpc) is 2.97. The summed E-state index contributed by atoms with van der Waals surface area (Å²) in [7, 11) is 3.33. The van der Waals surface area contributed by atoms with E-state index in [0.29, 0.717) is 6.42 Å². The van der Waals surface area contributed by atoms with Crippen molar-refractivity contribution in [1.82, 2.24) is 10.3 Å². The van der Waals surface area contributed by atoms with E-state index < -0.39 is 0 Å². The molecule has 0 radical (unpaired) electrons. The van der Waals surface area contributed by atoms with E-state index in [1.54, 1.807) is 14.2 Å². The molecule has 23 heavy (non-hydrogen) atoms. The van der Waals surface area contributed by atoms with Crippen molar-refractivity contribution in [3.63, 3.8) is 0 Å². The number of aromatic amines is 1. The summed E-state index contributed by atoms with van der Waals surface area (Å²) in [6, 6.07) is 14.4. The van der Waals surface area contributed by atoms with Crippen LogP contribution in [0.3, 0.4) is 0 Å². The third-order valence-electron chi connectivity index (χ3n) is 3.64. The summed E-state index contributed by atoms with van der Waals surface area (Å²) >= 11 is 0.229. The van der Waals surface area contributed by atoms with Crippen molar-refractivity contribution in [1.29, 1.82) is 0 Å². The number of hydrogen-bond acceptors (Lipinski definition) is 2. The SMILES string of the molecule is CNC(=O)Cc1ccc2c([Se]c3ccc(OC)cc3)c[nH]c2c1. The normalized spacial score (nSPS) is 10.7. The molecule has 0 atom stereocenters. The Labute approximate surface area is 141 Å². The molecule has 4 nitrogen and oxygen atoms in total. The molecule has 0 unspecified atom stereocenters. The van der Waals surface area contributed by atoms with Crippen LogP contribution >= 0.6 is 0 Å². The molecule has 5 heteroatoms. The number of benzene rings is 2. The van der Waals surface area contributed by atoms with Crippen molar-refractivity contribution < 1.29 is 9.53 Å². The number of carbonyl (C=O) groups is 1. The molecule has 1 heterocycles. The van der Waals surface area contributed by atoms with Gasteiger partial charge in [0.2, 0.25) is 0 Å². The second kappa shape index (κ2) is 6.90. The number of aromatic nitrogens is 1. The molecule has 0 saturated heterocycles. The molecule has 0 bridgehead atoms. The van der Waals surface area contributed by atoms with Gasteiger partial charge in [0, 0.05) is 0 Å². The molecule has 0 saturated carbocycles. The summed E-state index contributed by atoms with van der Waals surface area (Å²) < 4.78 is 7.81. The number of nitrogens with one attached hydrogen (secondary N) is 2. The predicted octanol–water partition coefficient (Wildman–Crippen LogP) is 1.12. The molecular weight excluding hydrogens is 355 g/mol. The van der Waals surface area contributed by atoms with Crippen LogP contribution < -0.4 is 19.0 Å². The van der Waals surface area contributed by atoms with Crippen LogP contribution in [-0.4, -0.2) is 40.0 Å². The van der Waals surface area contributed by atoms with E-state index in [4.69, 9.17) is 4.74 Å². The molecule has 1 aromatic heterocycles. The Morgan fingerprint density at radius 3 is 2.70 bits per heavy atom. The van der Waals surface area contributed by atoms with Crippen molar-refractivity contribution in [2.45, 2.75) is 6.42 Å². The molecule has 0 aliphatic rings. The standard InChI is InChI=1S/C18H18N2O2Se/c1-19-18(21)10-12-3-8-15-16(9-12)20-11-17(15)23-14-6-4-13(22-2)5-7-14/h3-9,11,20H,10H2,1-2H3,(H,19,21). The van der Waals surface area contributed by atoms with Gasteiger partial charge >= 0.3 is 141 Å². The molecule has 0 aliphatic heterocycles. The summed E-state index contributed by atoms with van der Waals surface area (Å²) in [5, 5.41) is 3.88. The zero-order valence-corrected chi connectivity index (χ0v) is 14.8. The monoisotopic (exact) mass is 374 g/mol. The maximum atomic E-state index is 11.5. The topological polar surface area (TPSA) is 54.1 Å². The van der Waals surface area contributed by atoms with E-state index in [9.17, 15) is 4.79 Å². The van der Waals surface area contributed by atoms with Gasteiger partial charge in [0.1, 0.15) is 0 Å². The van der Waals surface area contributed by atoms with Crippen LogP contribution in [0.4, 0.5) is 0 Å². The number of rotatable bonds is 5. The molecule has 2 N–H and O–H groups in total.